The minimum Gasteiger partial charge on any atom is -0.322 e. The summed E-state index contributed by atoms with van der Waals surface area (Å²) in [7, 11) is 0. The number of nitrogens with one attached hydrogen (secondary N) is 3. The molecule has 1 aliphatic heterocycles. The van der Waals surface area contributed by atoms with Crippen molar-refractivity contribution >= 4 is 11.6 Å². The molecule has 126 valence electrons. The standard InChI is InChI=1S/C18H16FN5O/c19-13-7-12-5-6-20-9-16(12)15(8-13)18(25)23-14-3-1-11(2-4-14)17-21-10-22-24-17/h1-4,7-8,10,20H,5-6,9H2,(H,23,25)(H,21,22,24). The normalized spacial score (nSPS) is 13.3. The number of rotatable bonds is 3. The summed E-state index contributed by atoms with van der Waals surface area (Å²) in [6.07, 6.45) is 2.16. The predicted octanol–water partition coefficient (Wildman–Crippen LogP) is 2.51. The summed E-state index contributed by atoms with van der Waals surface area (Å²) < 4.78 is 13.8. The van der Waals surface area contributed by atoms with Crippen molar-refractivity contribution in [1.29, 1.82) is 0 Å². The van der Waals surface area contributed by atoms with Crippen molar-refractivity contribution in [3.63, 3.8) is 0 Å². The number of aromatic amines is 1. The number of halogens is 1. The van der Waals surface area contributed by atoms with Gasteiger partial charge in [0.1, 0.15) is 12.1 Å². The quantitative estimate of drug-likeness (QED) is 0.686. The Bertz CT molecular complexity index is 906. The van der Waals surface area contributed by atoms with Gasteiger partial charge in [-0.3, -0.25) is 9.89 Å². The van der Waals surface area contributed by atoms with E-state index in [2.05, 4.69) is 25.8 Å². The maximum atomic E-state index is 13.8. The lowest BCUT2D eigenvalue weighted by molar-refractivity contribution is 0.102. The third-order valence-corrected chi connectivity index (χ3v) is 4.26. The molecule has 1 aliphatic rings. The average Bonchev–Trinajstić information content (AvgIpc) is 3.16. The molecule has 3 N–H and O–H groups in total. The highest BCUT2D eigenvalue weighted by atomic mass is 19.1. The molecule has 0 fully saturated rings. The van der Waals surface area contributed by atoms with Gasteiger partial charge in [0.15, 0.2) is 5.82 Å². The van der Waals surface area contributed by atoms with Gasteiger partial charge in [0, 0.05) is 23.4 Å². The van der Waals surface area contributed by atoms with Crippen LogP contribution in [0.15, 0.2) is 42.7 Å². The van der Waals surface area contributed by atoms with Crippen LogP contribution < -0.4 is 10.6 Å². The molecule has 0 unspecified atom stereocenters. The van der Waals surface area contributed by atoms with Crippen molar-refractivity contribution < 1.29 is 9.18 Å². The summed E-state index contributed by atoms with van der Waals surface area (Å²) in [6.45, 7) is 1.36. The van der Waals surface area contributed by atoms with Crippen LogP contribution in [0, 0.1) is 5.82 Å². The van der Waals surface area contributed by atoms with Crippen LogP contribution in [0.3, 0.4) is 0 Å². The molecule has 0 saturated carbocycles. The number of aromatic nitrogens is 3. The second-order valence-corrected chi connectivity index (χ2v) is 5.88. The van der Waals surface area contributed by atoms with Crippen molar-refractivity contribution in [3.05, 3.63) is 65.2 Å². The SMILES string of the molecule is O=C(Nc1ccc(-c2ncn[nH]2)cc1)c1cc(F)cc2c1CNCC2. The molecule has 0 spiro atoms. The van der Waals surface area contributed by atoms with E-state index in [1.54, 1.807) is 12.1 Å². The molecule has 25 heavy (non-hydrogen) atoms. The van der Waals surface area contributed by atoms with Crippen LogP contribution in [0.4, 0.5) is 10.1 Å². The van der Waals surface area contributed by atoms with Crippen molar-refractivity contribution in [1.82, 2.24) is 20.5 Å². The van der Waals surface area contributed by atoms with E-state index in [1.807, 2.05) is 12.1 Å². The lowest BCUT2D eigenvalue weighted by Crippen LogP contribution is -2.27. The van der Waals surface area contributed by atoms with Crippen LogP contribution >= 0.6 is 0 Å². The zero-order valence-corrected chi connectivity index (χ0v) is 13.3. The Hall–Kier alpha value is -3.06. The predicted molar refractivity (Wildman–Crippen MR) is 91.6 cm³/mol. The van der Waals surface area contributed by atoms with Crippen molar-refractivity contribution in [2.75, 3.05) is 11.9 Å². The van der Waals surface area contributed by atoms with Gasteiger partial charge in [0.05, 0.1) is 0 Å². The maximum absolute atomic E-state index is 13.8. The molecule has 2 heterocycles. The summed E-state index contributed by atoms with van der Waals surface area (Å²) in [5, 5.41) is 12.6. The lowest BCUT2D eigenvalue weighted by Gasteiger charge is -2.20. The highest BCUT2D eigenvalue weighted by molar-refractivity contribution is 6.05. The first-order chi connectivity index (χ1) is 12.2. The minimum absolute atomic E-state index is 0.313. The summed E-state index contributed by atoms with van der Waals surface area (Å²) >= 11 is 0. The average molecular weight is 337 g/mol. The summed E-state index contributed by atoms with van der Waals surface area (Å²) in [5.41, 5.74) is 3.63. The Morgan fingerprint density at radius 3 is 2.80 bits per heavy atom. The smallest absolute Gasteiger partial charge is 0.256 e. The van der Waals surface area contributed by atoms with Crippen LogP contribution in [-0.2, 0) is 13.0 Å². The van der Waals surface area contributed by atoms with E-state index in [0.717, 1.165) is 29.7 Å². The van der Waals surface area contributed by atoms with Gasteiger partial charge in [0.2, 0.25) is 0 Å². The number of amides is 1. The summed E-state index contributed by atoms with van der Waals surface area (Å²) in [5.74, 6) is -0.0403. The number of hydrogen-bond acceptors (Lipinski definition) is 4. The number of nitrogens with zero attached hydrogens (tertiary/aromatic N) is 2. The number of hydrogen-bond donors (Lipinski definition) is 3. The van der Waals surface area contributed by atoms with Gasteiger partial charge in [-0.1, -0.05) is 0 Å². The Kier molecular flexibility index (Phi) is 3.99. The number of benzene rings is 2. The Labute approximate surface area is 143 Å². The van der Waals surface area contributed by atoms with Gasteiger partial charge in [-0.05, 0) is 60.5 Å². The van der Waals surface area contributed by atoms with Crippen molar-refractivity contribution in [2.24, 2.45) is 0 Å². The Morgan fingerprint density at radius 1 is 1.20 bits per heavy atom. The molecular weight excluding hydrogens is 321 g/mol. The van der Waals surface area contributed by atoms with Crippen LogP contribution in [0.2, 0.25) is 0 Å². The highest BCUT2D eigenvalue weighted by Gasteiger charge is 2.19. The molecule has 2 aromatic carbocycles. The van der Waals surface area contributed by atoms with Gasteiger partial charge >= 0.3 is 0 Å². The van der Waals surface area contributed by atoms with Crippen LogP contribution in [0.1, 0.15) is 21.5 Å². The zero-order chi connectivity index (χ0) is 17.2. The highest BCUT2D eigenvalue weighted by Crippen LogP contribution is 2.23. The molecule has 0 bridgehead atoms. The first kappa shape index (κ1) is 15.5. The zero-order valence-electron chi connectivity index (χ0n) is 13.3. The molecule has 1 amide bonds. The monoisotopic (exact) mass is 337 g/mol. The maximum Gasteiger partial charge on any atom is 0.256 e. The number of anilines is 1. The van der Waals surface area contributed by atoms with E-state index < -0.39 is 0 Å². The van der Waals surface area contributed by atoms with Gasteiger partial charge in [-0.15, -0.1) is 0 Å². The minimum atomic E-state index is -0.383. The number of carbonyl (C=O) groups is 1. The van der Waals surface area contributed by atoms with Gasteiger partial charge in [0.25, 0.3) is 5.91 Å². The van der Waals surface area contributed by atoms with E-state index in [0.29, 0.717) is 23.6 Å². The molecule has 0 saturated heterocycles. The van der Waals surface area contributed by atoms with Crippen molar-refractivity contribution in [3.8, 4) is 11.4 Å². The molecule has 7 heteroatoms. The largest absolute Gasteiger partial charge is 0.322 e. The van der Waals surface area contributed by atoms with Crippen LogP contribution in [0.5, 0.6) is 0 Å². The number of carbonyl (C=O) groups excluding carboxylic acids is 1. The van der Waals surface area contributed by atoms with Crippen molar-refractivity contribution in [2.45, 2.75) is 13.0 Å². The fourth-order valence-corrected chi connectivity index (χ4v) is 3.02. The Balaban J connectivity index is 1.57. The first-order valence-electron chi connectivity index (χ1n) is 8.00. The summed E-state index contributed by atoms with van der Waals surface area (Å²) in [4.78, 5) is 16.7. The molecule has 6 nitrogen and oxygen atoms in total. The van der Waals surface area contributed by atoms with Crippen LogP contribution in [0.25, 0.3) is 11.4 Å². The van der Waals surface area contributed by atoms with E-state index >= 15 is 0 Å². The van der Waals surface area contributed by atoms with E-state index in [4.69, 9.17) is 0 Å². The van der Waals surface area contributed by atoms with E-state index in [1.165, 1.54) is 18.5 Å². The third-order valence-electron chi connectivity index (χ3n) is 4.26. The van der Waals surface area contributed by atoms with Crippen LogP contribution in [-0.4, -0.2) is 27.6 Å². The third kappa shape index (κ3) is 3.14. The van der Waals surface area contributed by atoms with E-state index in [9.17, 15) is 9.18 Å². The van der Waals surface area contributed by atoms with Gasteiger partial charge in [-0.25, -0.2) is 9.37 Å². The fraction of sp³-hybridized carbons (Fsp3) is 0.167. The molecule has 0 radical (unpaired) electrons. The topological polar surface area (TPSA) is 82.7 Å². The number of fused-ring (bicyclic) bond motifs is 1. The number of H-pyrrole nitrogens is 1. The molecular formula is C18H16FN5O. The van der Waals surface area contributed by atoms with E-state index in [-0.39, 0.29) is 11.7 Å². The molecule has 0 aliphatic carbocycles. The Morgan fingerprint density at radius 2 is 2.04 bits per heavy atom. The summed E-state index contributed by atoms with van der Waals surface area (Å²) in [6, 6.07) is 10.0. The molecule has 0 atom stereocenters. The molecule has 1 aromatic heterocycles. The second kappa shape index (κ2) is 6.45. The van der Waals surface area contributed by atoms with Gasteiger partial charge < -0.3 is 10.6 Å². The lowest BCUT2D eigenvalue weighted by atomic mass is 9.95. The molecule has 3 aromatic rings. The second-order valence-electron chi connectivity index (χ2n) is 5.88. The molecule has 4 rings (SSSR count). The van der Waals surface area contributed by atoms with Gasteiger partial charge in [-0.2, -0.15) is 5.10 Å². The first-order valence-corrected chi connectivity index (χ1v) is 8.00. The fourth-order valence-electron chi connectivity index (χ4n) is 3.02.